The van der Waals surface area contributed by atoms with E-state index < -0.39 is 29.9 Å². The molecule has 0 amide bonds. The van der Waals surface area contributed by atoms with E-state index in [0.29, 0.717) is 0 Å². The van der Waals surface area contributed by atoms with E-state index in [1.807, 2.05) is 0 Å². The molecule has 0 saturated heterocycles. The molecule has 3 atom stereocenters. The number of allylic oxidation sites excluding steroid dienone is 1. The van der Waals surface area contributed by atoms with Crippen molar-refractivity contribution in [1.29, 1.82) is 0 Å². The van der Waals surface area contributed by atoms with Gasteiger partial charge in [0.25, 0.3) is 0 Å². The molecule has 1 aliphatic carbocycles. The quantitative estimate of drug-likeness (QED) is 0.708. The van der Waals surface area contributed by atoms with Gasteiger partial charge in [-0.1, -0.05) is 24.3 Å². The third-order valence-corrected chi connectivity index (χ3v) is 3.52. The largest absolute Gasteiger partial charge is 0.483 e. The predicted molar refractivity (Wildman–Crippen MR) is 64.7 cm³/mol. The number of ketones is 2. The van der Waals surface area contributed by atoms with E-state index in [4.69, 9.17) is 4.74 Å². The smallest absolute Gasteiger partial charge is 0.228 e. The third kappa shape index (κ3) is 1.55. The molecule has 0 fully saturated rings. The zero-order valence-corrected chi connectivity index (χ0v) is 10.2. The van der Waals surface area contributed by atoms with Crippen LogP contribution in [0.5, 0.6) is 0 Å². The Bertz CT molecular complexity index is 616. The van der Waals surface area contributed by atoms with Crippen LogP contribution in [0.2, 0.25) is 0 Å². The molecular weight excluding hydrogens is 248 g/mol. The van der Waals surface area contributed by atoms with Crippen LogP contribution in [-0.2, 0) is 4.74 Å². The topological polar surface area (TPSA) is 83.8 Å². The standard InChI is InChI=1S/C14H12O5/c1-6-10(15)13(18)9-11(16)7-4-2-3-5-8(7)12(17)14(9)19-6/h2-6,10,13,15,18H,1H3/t6-,10+,13-/m1/s1. The molecule has 0 unspecified atom stereocenters. The summed E-state index contributed by atoms with van der Waals surface area (Å²) in [5.41, 5.74) is 0.354. The normalized spacial score (nSPS) is 29.7. The summed E-state index contributed by atoms with van der Waals surface area (Å²) in [6.45, 7) is 1.54. The lowest BCUT2D eigenvalue weighted by molar-refractivity contribution is -0.0682. The van der Waals surface area contributed by atoms with Crippen molar-refractivity contribution >= 4 is 11.6 Å². The van der Waals surface area contributed by atoms with E-state index in [2.05, 4.69) is 0 Å². The van der Waals surface area contributed by atoms with E-state index in [9.17, 15) is 19.8 Å². The highest BCUT2D eigenvalue weighted by atomic mass is 16.5. The number of carbonyl (C=O) groups excluding carboxylic acids is 2. The van der Waals surface area contributed by atoms with Gasteiger partial charge in [0.15, 0.2) is 11.5 Å². The minimum atomic E-state index is -1.40. The van der Waals surface area contributed by atoms with Crippen LogP contribution >= 0.6 is 0 Å². The maximum atomic E-state index is 12.3. The van der Waals surface area contributed by atoms with E-state index in [0.717, 1.165) is 0 Å². The molecule has 1 heterocycles. The molecule has 1 aromatic rings. The Balaban J connectivity index is 2.20. The second-order valence-corrected chi connectivity index (χ2v) is 4.71. The summed E-state index contributed by atoms with van der Waals surface area (Å²) in [5.74, 6) is -1.04. The van der Waals surface area contributed by atoms with Crippen molar-refractivity contribution < 1.29 is 24.5 Å². The first-order chi connectivity index (χ1) is 9.02. The minimum absolute atomic E-state index is 0.144. The van der Waals surface area contributed by atoms with Gasteiger partial charge in [0, 0.05) is 11.1 Å². The van der Waals surface area contributed by atoms with Gasteiger partial charge in [-0.2, -0.15) is 0 Å². The first-order valence-electron chi connectivity index (χ1n) is 5.97. The summed E-state index contributed by atoms with van der Waals surface area (Å²) in [7, 11) is 0. The maximum Gasteiger partial charge on any atom is 0.228 e. The van der Waals surface area contributed by atoms with Gasteiger partial charge < -0.3 is 14.9 Å². The highest BCUT2D eigenvalue weighted by Crippen LogP contribution is 2.34. The highest BCUT2D eigenvalue weighted by molar-refractivity contribution is 6.26. The van der Waals surface area contributed by atoms with Gasteiger partial charge in [0.05, 0.1) is 5.57 Å². The van der Waals surface area contributed by atoms with Crippen LogP contribution in [-0.4, -0.2) is 40.1 Å². The Labute approximate surface area is 109 Å². The number of Topliss-reactive ketones (excluding diaryl/α,β-unsaturated/α-hetero) is 2. The molecule has 5 nitrogen and oxygen atoms in total. The van der Waals surface area contributed by atoms with Crippen LogP contribution in [0.3, 0.4) is 0 Å². The number of carbonyl (C=O) groups is 2. The number of ether oxygens (including phenoxy) is 1. The third-order valence-electron chi connectivity index (χ3n) is 3.52. The van der Waals surface area contributed by atoms with Crippen molar-refractivity contribution in [3.8, 4) is 0 Å². The summed E-state index contributed by atoms with van der Waals surface area (Å²) >= 11 is 0. The Morgan fingerprint density at radius 3 is 2.26 bits per heavy atom. The number of aliphatic hydroxyl groups is 2. The lowest BCUT2D eigenvalue weighted by Crippen LogP contribution is -2.47. The summed E-state index contributed by atoms with van der Waals surface area (Å²) in [6.07, 6.45) is -3.36. The molecule has 0 bridgehead atoms. The molecule has 2 N–H and O–H groups in total. The number of rotatable bonds is 0. The summed E-state index contributed by atoms with van der Waals surface area (Å²) in [6, 6.07) is 6.37. The van der Waals surface area contributed by atoms with Gasteiger partial charge in [-0.05, 0) is 6.92 Å². The fourth-order valence-corrected chi connectivity index (χ4v) is 2.44. The average molecular weight is 260 g/mol. The van der Waals surface area contributed by atoms with Gasteiger partial charge in [-0.25, -0.2) is 0 Å². The maximum absolute atomic E-state index is 12.3. The molecule has 0 saturated carbocycles. The van der Waals surface area contributed by atoms with Gasteiger partial charge in [0.2, 0.25) is 5.78 Å². The number of benzene rings is 1. The average Bonchev–Trinajstić information content (AvgIpc) is 2.42. The first-order valence-corrected chi connectivity index (χ1v) is 5.97. The SMILES string of the molecule is C[C@H]1OC2=C(C(=O)c3ccccc3C2=O)[C@@H](O)[C@H]1O. The monoisotopic (exact) mass is 260 g/mol. The zero-order valence-electron chi connectivity index (χ0n) is 10.2. The predicted octanol–water partition coefficient (Wildman–Crippen LogP) is 0.460. The Kier molecular flexibility index (Phi) is 2.55. The van der Waals surface area contributed by atoms with Crippen molar-refractivity contribution in [3.63, 3.8) is 0 Å². The molecule has 5 heteroatoms. The van der Waals surface area contributed by atoms with Gasteiger partial charge in [-0.3, -0.25) is 9.59 Å². The van der Waals surface area contributed by atoms with Crippen molar-refractivity contribution in [2.75, 3.05) is 0 Å². The molecular formula is C14H12O5. The van der Waals surface area contributed by atoms with E-state index >= 15 is 0 Å². The number of hydrogen-bond acceptors (Lipinski definition) is 5. The Morgan fingerprint density at radius 2 is 1.63 bits per heavy atom. The fraction of sp³-hybridized carbons (Fsp3) is 0.286. The molecule has 1 aromatic carbocycles. The Morgan fingerprint density at radius 1 is 1.05 bits per heavy atom. The van der Waals surface area contributed by atoms with Crippen molar-refractivity contribution in [3.05, 3.63) is 46.7 Å². The lowest BCUT2D eigenvalue weighted by atomic mass is 9.82. The summed E-state index contributed by atoms with van der Waals surface area (Å²) in [5, 5.41) is 19.8. The van der Waals surface area contributed by atoms with Crippen LogP contribution < -0.4 is 0 Å². The highest BCUT2D eigenvalue weighted by Gasteiger charge is 2.45. The number of aliphatic hydroxyl groups excluding tert-OH is 2. The second-order valence-electron chi connectivity index (χ2n) is 4.71. The van der Waals surface area contributed by atoms with Gasteiger partial charge >= 0.3 is 0 Å². The van der Waals surface area contributed by atoms with Gasteiger partial charge in [0.1, 0.15) is 18.3 Å². The van der Waals surface area contributed by atoms with Crippen molar-refractivity contribution in [2.24, 2.45) is 0 Å². The fourth-order valence-electron chi connectivity index (χ4n) is 2.44. The Hall–Kier alpha value is -1.98. The number of hydrogen-bond donors (Lipinski definition) is 2. The molecule has 1 aliphatic heterocycles. The molecule has 0 radical (unpaired) electrons. The van der Waals surface area contributed by atoms with E-state index in [1.165, 1.54) is 13.0 Å². The van der Waals surface area contributed by atoms with Gasteiger partial charge in [-0.15, -0.1) is 0 Å². The van der Waals surface area contributed by atoms with Crippen molar-refractivity contribution in [1.82, 2.24) is 0 Å². The summed E-state index contributed by atoms with van der Waals surface area (Å²) in [4.78, 5) is 24.6. The first kappa shape index (κ1) is 12.1. The van der Waals surface area contributed by atoms with E-state index in [-0.39, 0.29) is 22.5 Å². The molecule has 3 rings (SSSR count). The van der Waals surface area contributed by atoms with Crippen LogP contribution in [0, 0.1) is 0 Å². The van der Waals surface area contributed by atoms with Crippen molar-refractivity contribution in [2.45, 2.75) is 25.2 Å². The minimum Gasteiger partial charge on any atom is -0.483 e. The summed E-state index contributed by atoms with van der Waals surface area (Å²) < 4.78 is 5.31. The van der Waals surface area contributed by atoms with Crippen LogP contribution in [0.25, 0.3) is 0 Å². The number of fused-ring (bicyclic) bond motifs is 1. The van der Waals surface area contributed by atoms with Crippen LogP contribution in [0.15, 0.2) is 35.6 Å². The van der Waals surface area contributed by atoms with Crippen LogP contribution in [0.1, 0.15) is 27.6 Å². The molecule has 0 spiro atoms. The van der Waals surface area contributed by atoms with E-state index in [1.54, 1.807) is 18.2 Å². The molecule has 98 valence electrons. The lowest BCUT2D eigenvalue weighted by Gasteiger charge is -2.35. The second kappa shape index (κ2) is 4.01. The molecule has 2 aliphatic rings. The zero-order chi connectivity index (χ0) is 13.7. The molecule has 0 aromatic heterocycles. The van der Waals surface area contributed by atoms with Crippen LogP contribution in [0.4, 0.5) is 0 Å². The molecule has 19 heavy (non-hydrogen) atoms.